The van der Waals surface area contributed by atoms with E-state index in [0.717, 1.165) is 55.1 Å². The Kier molecular flexibility index (Phi) is 8.02. The molecule has 0 unspecified atom stereocenters. The molecule has 11 rings (SSSR count). The highest BCUT2D eigenvalue weighted by Crippen LogP contribution is 2.51. The molecule has 57 heavy (non-hydrogen) atoms. The lowest BCUT2D eigenvalue weighted by Gasteiger charge is -2.25. The number of aromatic nitrogens is 2. The second-order valence-corrected chi connectivity index (χ2v) is 16.3. The second kappa shape index (κ2) is 13.6. The fourth-order valence-electron chi connectivity index (χ4n) is 8.70. The first-order valence-corrected chi connectivity index (χ1v) is 20.5. The zero-order chi connectivity index (χ0) is 38.0. The topological polar surface area (TPSA) is 25.8 Å². The molecule has 0 aliphatic heterocycles. The Labute approximate surface area is 341 Å². The molecule has 268 valence electrons. The summed E-state index contributed by atoms with van der Waals surface area (Å²) in [6.07, 6.45) is 3.74. The van der Waals surface area contributed by atoms with E-state index in [0.29, 0.717) is 0 Å². The van der Waals surface area contributed by atoms with Crippen LogP contribution in [0.1, 0.15) is 5.56 Å². The van der Waals surface area contributed by atoms with E-state index in [9.17, 15) is 0 Å². The lowest BCUT2D eigenvalue weighted by molar-refractivity contribution is 1.23. The molecule has 4 heteroatoms. The minimum absolute atomic E-state index is 0.862. The lowest BCUT2D eigenvalue weighted by atomic mass is 9.78. The predicted molar refractivity (Wildman–Crippen MR) is 244 cm³/mol. The van der Waals surface area contributed by atoms with Gasteiger partial charge < -0.3 is 0 Å². The van der Waals surface area contributed by atoms with Crippen LogP contribution in [0.5, 0.6) is 0 Å². The van der Waals surface area contributed by atoms with Gasteiger partial charge in [0.1, 0.15) is 0 Å². The number of thiophene rings is 1. The first kappa shape index (κ1) is 33.7. The van der Waals surface area contributed by atoms with Gasteiger partial charge in [0.25, 0.3) is 0 Å². The smallest absolute Gasteiger partial charge is 0.0888 e. The van der Waals surface area contributed by atoms with Crippen LogP contribution in [0.25, 0.3) is 109 Å². The fourth-order valence-corrected chi connectivity index (χ4v) is 10.0. The van der Waals surface area contributed by atoms with Gasteiger partial charge in [-0.3, -0.25) is 9.97 Å². The maximum absolute atomic E-state index is 4.81. The van der Waals surface area contributed by atoms with E-state index >= 15 is 0 Å². The molecule has 1 aliphatic rings. The van der Waals surface area contributed by atoms with E-state index in [1.165, 1.54) is 64.9 Å². The van der Waals surface area contributed by atoms with Crippen molar-refractivity contribution in [2.75, 3.05) is 0 Å². The molecule has 0 amide bonds. The highest BCUT2D eigenvalue weighted by Gasteiger charge is 2.24. The molecule has 1 aliphatic carbocycles. The van der Waals surface area contributed by atoms with Crippen LogP contribution in [0, 0.1) is 6.92 Å². The van der Waals surface area contributed by atoms with E-state index in [4.69, 9.17) is 22.6 Å². The molecule has 0 saturated carbocycles. The van der Waals surface area contributed by atoms with Gasteiger partial charge in [-0.25, -0.2) is 0 Å². The Morgan fingerprint density at radius 2 is 0.965 bits per heavy atom. The predicted octanol–water partition coefficient (Wildman–Crippen LogP) is 15.1. The summed E-state index contributed by atoms with van der Waals surface area (Å²) in [6.45, 7) is 2.15. The number of nitrogens with zero attached hydrogens (tertiary/aromatic N) is 2. The number of fused-ring (bicyclic) bond motifs is 11. The molecule has 3 heterocycles. The van der Waals surface area contributed by atoms with E-state index in [1.54, 1.807) is 11.3 Å². The van der Waals surface area contributed by atoms with Crippen molar-refractivity contribution in [2.24, 2.45) is 0 Å². The van der Waals surface area contributed by atoms with Crippen LogP contribution in [-0.2, 0) is 0 Å². The number of benzene rings is 7. The third-order valence-corrected chi connectivity index (χ3v) is 12.9. The highest BCUT2D eigenvalue weighted by molar-refractivity contribution is 7.80. The fraction of sp³-hybridized carbons (Fsp3) is 0.0189. The Morgan fingerprint density at radius 1 is 0.404 bits per heavy atom. The molecular weight excluding hydrogens is 729 g/mol. The van der Waals surface area contributed by atoms with E-state index in [1.807, 2.05) is 30.6 Å². The van der Waals surface area contributed by atoms with Crippen molar-refractivity contribution in [1.29, 1.82) is 0 Å². The third kappa shape index (κ3) is 5.63. The molecular formula is C53H34N2S2. The summed E-state index contributed by atoms with van der Waals surface area (Å²) in [5, 5.41) is 1.18. The molecule has 0 spiro atoms. The minimum Gasteiger partial charge on any atom is -0.255 e. The van der Waals surface area contributed by atoms with Crippen LogP contribution >= 0.6 is 24.0 Å². The van der Waals surface area contributed by atoms with Gasteiger partial charge in [-0.15, -0.1) is 24.0 Å². The monoisotopic (exact) mass is 762 g/mol. The summed E-state index contributed by atoms with van der Waals surface area (Å²) in [5.41, 5.74) is 21.0. The maximum atomic E-state index is 4.81. The van der Waals surface area contributed by atoms with Crippen LogP contribution in [0.2, 0.25) is 0 Å². The van der Waals surface area contributed by atoms with Crippen LogP contribution in [0.3, 0.4) is 0 Å². The van der Waals surface area contributed by atoms with Crippen molar-refractivity contribution in [1.82, 2.24) is 9.97 Å². The van der Waals surface area contributed by atoms with Crippen molar-refractivity contribution >= 4 is 44.3 Å². The number of hydrogen-bond donors (Lipinski definition) is 1. The summed E-state index contributed by atoms with van der Waals surface area (Å²) in [6, 6.07) is 62.2. The molecule has 7 aromatic carbocycles. The third-order valence-electron chi connectivity index (χ3n) is 11.4. The largest absolute Gasteiger partial charge is 0.255 e. The van der Waals surface area contributed by atoms with Crippen molar-refractivity contribution in [2.45, 2.75) is 11.8 Å². The Bertz CT molecular complexity index is 3220. The highest BCUT2D eigenvalue weighted by atomic mass is 32.1. The van der Waals surface area contributed by atoms with Crippen molar-refractivity contribution in [3.05, 3.63) is 188 Å². The standard InChI is InChI=1S/C53H34N2S2/c1-32-21-22-33(30-46(32)52-48(56)19-9-25-54-52)35-27-36(34-23-24-49-47(31-34)53-50(57-49)20-10-26-55-53)29-37(28-35)38-17-8-18-45-43-14-5-4-13-41(43)39-11-2-3-12-40(39)42-15-6-7-16-44(42)51(38)45/h2-31,56H,1H3. The molecule has 0 atom stereocenters. The number of thiol groups is 1. The first-order chi connectivity index (χ1) is 28.1. The molecule has 3 aromatic heterocycles. The van der Waals surface area contributed by atoms with E-state index in [2.05, 4.69) is 159 Å². The van der Waals surface area contributed by atoms with Crippen LogP contribution in [0.4, 0.5) is 0 Å². The van der Waals surface area contributed by atoms with Gasteiger partial charge in [0.05, 0.1) is 15.9 Å². The van der Waals surface area contributed by atoms with Gasteiger partial charge in [-0.2, -0.15) is 0 Å². The summed E-state index contributed by atoms with van der Waals surface area (Å²) >= 11 is 6.61. The lowest BCUT2D eigenvalue weighted by Crippen LogP contribution is -1.99. The van der Waals surface area contributed by atoms with Gasteiger partial charge in [0, 0.05) is 32.9 Å². The first-order valence-electron chi connectivity index (χ1n) is 19.2. The summed E-state index contributed by atoms with van der Waals surface area (Å²) in [4.78, 5) is 10.4. The summed E-state index contributed by atoms with van der Waals surface area (Å²) in [7, 11) is 0. The van der Waals surface area contributed by atoms with E-state index in [-0.39, 0.29) is 0 Å². The maximum Gasteiger partial charge on any atom is 0.0888 e. The van der Waals surface area contributed by atoms with Crippen molar-refractivity contribution in [3.8, 4) is 89.1 Å². The van der Waals surface area contributed by atoms with Crippen LogP contribution < -0.4 is 0 Å². The molecule has 0 N–H and O–H groups in total. The number of aryl methyl sites for hydroxylation is 1. The Balaban J connectivity index is 1.20. The Morgan fingerprint density at radius 3 is 1.68 bits per heavy atom. The van der Waals surface area contributed by atoms with Gasteiger partial charge in [0.2, 0.25) is 0 Å². The summed E-state index contributed by atoms with van der Waals surface area (Å²) < 4.78 is 2.44. The van der Waals surface area contributed by atoms with Gasteiger partial charge in [-0.1, -0.05) is 109 Å². The second-order valence-electron chi connectivity index (χ2n) is 14.7. The number of rotatable bonds is 4. The summed E-state index contributed by atoms with van der Waals surface area (Å²) in [5.74, 6) is 0. The minimum atomic E-state index is 0.862. The van der Waals surface area contributed by atoms with Gasteiger partial charge >= 0.3 is 0 Å². The van der Waals surface area contributed by atoms with Crippen LogP contribution in [0.15, 0.2) is 187 Å². The molecule has 10 aromatic rings. The normalized spacial score (nSPS) is 11.7. The van der Waals surface area contributed by atoms with Gasteiger partial charge in [0.15, 0.2) is 0 Å². The SMILES string of the molecule is Cc1ccc(-c2cc(-c3ccc4sc5cccnc5c4c3)cc(-c3cccc4c3-c3ccccc3-c3ccccc3-c3ccccc3-4)c2)cc1-c1ncccc1S. The average Bonchev–Trinajstić information content (AvgIpc) is 3.64. The van der Waals surface area contributed by atoms with Crippen molar-refractivity contribution in [3.63, 3.8) is 0 Å². The molecule has 0 saturated heterocycles. The molecule has 0 radical (unpaired) electrons. The van der Waals surface area contributed by atoms with Crippen molar-refractivity contribution < 1.29 is 0 Å². The molecule has 0 bridgehead atoms. The van der Waals surface area contributed by atoms with Gasteiger partial charge in [-0.05, 0) is 151 Å². The molecule has 2 nitrogen and oxygen atoms in total. The molecule has 0 fully saturated rings. The zero-order valence-electron chi connectivity index (χ0n) is 31.1. The van der Waals surface area contributed by atoms with E-state index < -0.39 is 0 Å². The average molecular weight is 763 g/mol. The number of pyridine rings is 2. The quantitative estimate of drug-likeness (QED) is 0.181. The number of hydrogen-bond acceptors (Lipinski definition) is 4. The zero-order valence-corrected chi connectivity index (χ0v) is 32.8. The Hall–Kier alpha value is -6.59. The van der Waals surface area contributed by atoms with Crippen LogP contribution in [-0.4, -0.2) is 9.97 Å².